The molecule has 2 aromatic rings. The van der Waals surface area contributed by atoms with E-state index in [9.17, 15) is 9.59 Å². The van der Waals surface area contributed by atoms with Gasteiger partial charge in [-0.05, 0) is 42.6 Å². The molecule has 0 aliphatic rings. The Kier molecular flexibility index (Phi) is 5.95. The van der Waals surface area contributed by atoms with Crippen molar-refractivity contribution in [1.29, 1.82) is 0 Å². The molecule has 122 valence electrons. The summed E-state index contributed by atoms with van der Waals surface area (Å²) in [6.07, 6.45) is -0.595. The molecule has 1 aromatic heterocycles. The number of benzene rings is 1. The third-order valence-electron chi connectivity index (χ3n) is 2.94. The molecule has 0 aliphatic carbocycles. The average Bonchev–Trinajstić information content (AvgIpc) is 2.83. The number of carbonyl (C=O) groups is 1. The zero-order valence-corrected chi connectivity index (χ0v) is 14.3. The number of hydrazone groups is 1. The van der Waals surface area contributed by atoms with E-state index in [1.807, 2.05) is 24.3 Å². The molecule has 0 saturated carbocycles. The highest BCUT2D eigenvalue weighted by Gasteiger charge is 2.06. The summed E-state index contributed by atoms with van der Waals surface area (Å²) in [5, 5.41) is 3.99. The van der Waals surface area contributed by atoms with Crippen LogP contribution in [0.1, 0.15) is 25.0 Å². The third-order valence-corrected chi connectivity index (χ3v) is 4.08. The summed E-state index contributed by atoms with van der Waals surface area (Å²) in [7, 11) is 0. The molecule has 23 heavy (non-hydrogen) atoms. The molecule has 0 aliphatic heterocycles. The lowest BCUT2D eigenvalue weighted by Gasteiger charge is -2.06. The maximum atomic E-state index is 11.7. The summed E-state index contributed by atoms with van der Waals surface area (Å²) in [6, 6.07) is 8.96. The number of halogens is 1. The van der Waals surface area contributed by atoms with Crippen LogP contribution in [0.3, 0.4) is 0 Å². The first kappa shape index (κ1) is 17.2. The van der Waals surface area contributed by atoms with Gasteiger partial charge in [-0.1, -0.05) is 29.8 Å². The molecule has 0 radical (unpaired) electrons. The van der Waals surface area contributed by atoms with Gasteiger partial charge in [-0.15, -0.1) is 0 Å². The summed E-state index contributed by atoms with van der Waals surface area (Å²) in [6.45, 7) is 4.22. The van der Waals surface area contributed by atoms with E-state index in [1.165, 1.54) is 17.6 Å². The Morgan fingerprint density at radius 2 is 2.22 bits per heavy atom. The number of nitrogens with one attached hydrogen (secondary N) is 1. The molecule has 0 saturated heterocycles. The van der Waals surface area contributed by atoms with Gasteiger partial charge in [0.25, 0.3) is 5.56 Å². The van der Waals surface area contributed by atoms with E-state index in [1.54, 1.807) is 17.8 Å². The predicted molar refractivity (Wildman–Crippen MR) is 91.5 cm³/mol. The highest BCUT2D eigenvalue weighted by Crippen LogP contribution is 2.15. The number of hydrogen-bond donors (Lipinski definition) is 1. The number of carbonyl (C=O) groups excluding carboxylic acids is 1. The van der Waals surface area contributed by atoms with Gasteiger partial charge < -0.3 is 4.74 Å². The Labute approximate surface area is 142 Å². The SMILES string of the molecule is CCOC(=O)NN=C(C)c1cccc(Cn2sc(Cl)cc2=O)c1. The molecule has 1 heterocycles. The van der Waals surface area contributed by atoms with E-state index < -0.39 is 6.09 Å². The van der Waals surface area contributed by atoms with Crippen molar-refractivity contribution in [1.82, 2.24) is 9.38 Å². The van der Waals surface area contributed by atoms with Gasteiger partial charge in [0, 0.05) is 6.07 Å². The zero-order valence-electron chi connectivity index (χ0n) is 12.7. The summed E-state index contributed by atoms with van der Waals surface area (Å²) < 4.78 is 6.77. The van der Waals surface area contributed by atoms with Crippen LogP contribution in [0, 0.1) is 0 Å². The lowest BCUT2D eigenvalue weighted by atomic mass is 10.1. The van der Waals surface area contributed by atoms with Crippen molar-refractivity contribution < 1.29 is 9.53 Å². The molecule has 1 aromatic carbocycles. The van der Waals surface area contributed by atoms with Crippen LogP contribution in [-0.2, 0) is 11.3 Å². The fourth-order valence-electron chi connectivity index (χ4n) is 1.87. The number of amides is 1. The van der Waals surface area contributed by atoms with Gasteiger partial charge in [-0.3, -0.25) is 8.75 Å². The van der Waals surface area contributed by atoms with Crippen LogP contribution in [0.2, 0.25) is 4.34 Å². The van der Waals surface area contributed by atoms with E-state index >= 15 is 0 Å². The van der Waals surface area contributed by atoms with Crippen LogP contribution < -0.4 is 11.0 Å². The number of aromatic nitrogens is 1. The maximum absolute atomic E-state index is 11.7. The van der Waals surface area contributed by atoms with Crippen LogP contribution in [0.25, 0.3) is 0 Å². The fourth-order valence-corrected chi connectivity index (χ4v) is 2.94. The van der Waals surface area contributed by atoms with E-state index in [0.717, 1.165) is 11.1 Å². The molecule has 0 fully saturated rings. The normalized spacial score (nSPS) is 11.3. The largest absolute Gasteiger partial charge is 0.449 e. The second-order valence-electron chi connectivity index (χ2n) is 4.64. The van der Waals surface area contributed by atoms with Crippen molar-refractivity contribution in [2.45, 2.75) is 20.4 Å². The van der Waals surface area contributed by atoms with Crippen molar-refractivity contribution >= 4 is 34.9 Å². The molecular formula is C15H16ClN3O3S. The first-order valence-corrected chi connectivity index (χ1v) is 8.07. The van der Waals surface area contributed by atoms with Crippen molar-refractivity contribution in [2.24, 2.45) is 5.10 Å². The Bertz CT molecular complexity index is 782. The maximum Gasteiger partial charge on any atom is 0.427 e. The second-order valence-corrected chi connectivity index (χ2v) is 6.34. The molecule has 6 nitrogen and oxygen atoms in total. The third kappa shape index (κ3) is 4.94. The molecule has 1 N–H and O–H groups in total. The summed E-state index contributed by atoms with van der Waals surface area (Å²) >= 11 is 7.05. The van der Waals surface area contributed by atoms with Crippen LogP contribution >= 0.6 is 23.1 Å². The highest BCUT2D eigenvalue weighted by molar-refractivity contribution is 7.11. The Morgan fingerprint density at radius 1 is 1.43 bits per heavy atom. The van der Waals surface area contributed by atoms with Crippen molar-refractivity contribution in [2.75, 3.05) is 6.61 Å². The summed E-state index contributed by atoms with van der Waals surface area (Å²) in [4.78, 5) is 22.9. The van der Waals surface area contributed by atoms with Crippen LogP contribution in [0.15, 0.2) is 40.2 Å². The molecule has 8 heteroatoms. The molecule has 1 amide bonds. The number of hydrogen-bond acceptors (Lipinski definition) is 5. The van der Waals surface area contributed by atoms with Crippen molar-refractivity contribution in [3.63, 3.8) is 0 Å². The molecule has 0 atom stereocenters. The molecule has 0 spiro atoms. The predicted octanol–water partition coefficient (Wildman–Crippen LogP) is 3.08. The van der Waals surface area contributed by atoms with Crippen LogP contribution in [0.5, 0.6) is 0 Å². The highest BCUT2D eigenvalue weighted by atomic mass is 35.5. The first-order valence-electron chi connectivity index (χ1n) is 6.92. The van der Waals surface area contributed by atoms with E-state index in [0.29, 0.717) is 16.6 Å². The second kappa shape index (κ2) is 7.94. The number of ether oxygens (including phenoxy) is 1. The van der Waals surface area contributed by atoms with Gasteiger partial charge in [0.2, 0.25) is 0 Å². The van der Waals surface area contributed by atoms with Gasteiger partial charge in [0.05, 0.1) is 18.9 Å². The lowest BCUT2D eigenvalue weighted by molar-refractivity contribution is 0.152. The number of rotatable bonds is 5. The number of nitrogens with zero attached hydrogens (tertiary/aromatic N) is 2. The van der Waals surface area contributed by atoms with Crippen LogP contribution in [0.4, 0.5) is 4.79 Å². The monoisotopic (exact) mass is 353 g/mol. The summed E-state index contributed by atoms with van der Waals surface area (Å²) in [5.74, 6) is 0. The zero-order chi connectivity index (χ0) is 16.8. The van der Waals surface area contributed by atoms with E-state index in [2.05, 4.69) is 10.5 Å². The Hall–Kier alpha value is -2.12. The van der Waals surface area contributed by atoms with Gasteiger partial charge in [-0.2, -0.15) is 5.10 Å². The summed E-state index contributed by atoms with van der Waals surface area (Å²) in [5.41, 5.74) is 4.61. The Morgan fingerprint density at radius 3 is 2.87 bits per heavy atom. The van der Waals surface area contributed by atoms with E-state index in [-0.39, 0.29) is 12.2 Å². The van der Waals surface area contributed by atoms with Gasteiger partial charge >= 0.3 is 6.09 Å². The standard InChI is InChI=1S/C15H16ClN3O3S/c1-3-22-15(21)18-17-10(2)12-6-4-5-11(7-12)9-19-14(20)8-13(16)23-19/h4-8H,3,9H2,1-2H3,(H,18,21). The quantitative estimate of drug-likeness (QED) is 0.663. The smallest absolute Gasteiger partial charge is 0.427 e. The topological polar surface area (TPSA) is 72.7 Å². The van der Waals surface area contributed by atoms with Crippen LogP contribution in [-0.4, -0.2) is 22.4 Å². The molecular weight excluding hydrogens is 338 g/mol. The fraction of sp³-hybridized carbons (Fsp3) is 0.267. The molecule has 2 rings (SSSR count). The van der Waals surface area contributed by atoms with Crippen molar-refractivity contribution in [3.8, 4) is 0 Å². The minimum atomic E-state index is -0.595. The first-order chi connectivity index (χ1) is 11.0. The van der Waals surface area contributed by atoms with Gasteiger partial charge in [-0.25, -0.2) is 10.2 Å². The average molecular weight is 354 g/mol. The molecule has 0 bridgehead atoms. The minimum Gasteiger partial charge on any atom is -0.449 e. The minimum absolute atomic E-state index is 0.125. The molecule has 0 unspecified atom stereocenters. The van der Waals surface area contributed by atoms with Crippen molar-refractivity contribution in [3.05, 3.63) is 56.1 Å². The lowest BCUT2D eigenvalue weighted by Crippen LogP contribution is -2.20. The van der Waals surface area contributed by atoms with E-state index in [4.69, 9.17) is 16.3 Å². The van der Waals surface area contributed by atoms with Gasteiger partial charge in [0.15, 0.2) is 0 Å². The van der Waals surface area contributed by atoms with Gasteiger partial charge in [0.1, 0.15) is 4.34 Å². The Balaban J connectivity index is 2.13.